The van der Waals surface area contributed by atoms with Crippen LogP contribution in [-0.2, 0) is 0 Å². The Morgan fingerprint density at radius 3 is 2.38 bits per heavy atom. The highest BCUT2D eigenvalue weighted by Gasteiger charge is 2.17. The zero-order valence-corrected chi connectivity index (χ0v) is 15.5. The Balaban J connectivity index is 1.84. The molecule has 0 spiro atoms. The van der Waals surface area contributed by atoms with Gasteiger partial charge in [-0.05, 0) is 12.1 Å². The van der Waals surface area contributed by atoms with E-state index in [1.807, 2.05) is 24.3 Å². The number of rotatable bonds is 7. The van der Waals surface area contributed by atoms with Crippen LogP contribution in [0.3, 0.4) is 0 Å². The quantitative estimate of drug-likeness (QED) is 0.464. The lowest BCUT2D eigenvalue weighted by atomic mass is 10.1. The van der Waals surface area contributed by atoms with E-state index in [-0.39, 0.29) is 11.5 Å². The summed E-state index contributed by atoms with van der Waals surface area (Å²) in [6.07, 6.45) is 1.71. The van der Waals surface area contributed by atoms with Crippen LogP contribution in [0.4, 0.5) is 0 Å². The number of hydrogen-bond donors (Lipinski definition) is 0. The van der Waals surface area contributed by atoms with E-state index in [1.54, 1.807) is 18.3 Å². The number of Topliss-reactive ketones (excluding diaryl/α,β-unsaturated/α-hetero) is 1. The zero-order valence-electron chi connectivity index (χ0n) is 14.7. The maximum atomic E-state index is 12.7. The van der Waals surface area contributed by atoms with Gasteiger partial charge in [0.25, 0.3) is 0 Å². The summed E-state index contributed by atoms with van der Waals surface area (Å²) in [5, 5.41) is 10.9. The Hall–Kier alpha value is -2.80. The van der Waals surface area contributed by atoms with Crippen molar-refractivity contribution in [1.29, 1.82) is 0 Å². The van der Waals surface area contributed by atoms with Gasteiger partial charge >= 0.3 is 0 Å². The van der Waals surface area contributed by atoms with Crippen molar-refractivity contribution in [3.8, 4) is 17.2 Å². The number of carbonyl (C=O) groups excluding carboxylic acids is 1. The molecule has 0 aliphatic rings. The number of fused-ring (bicyclic) bond motifs is 1. The molecule has 0 radical (unpaired) electrons. The molecule has 6 nitrogen and oxygen atoms in total. The van der Waals surface area contributed by atoms with Gasteiger partial charge in [-0.25, -0.2) is 0 Å². The largest absolute Gasteiger partial charge is 0.493 e. The van der Waals surface area contributed by atoms with Crippen LogP contribution in [0, 0.1) is 0 Å². The number of hydrogen-bond acceptors (Lipinski definition) is 7. The van der Waals surface area contributed by atoms with E-state index in [9.17, 15) is 4.79 Å². The molecule has 0 amide bonds. The van der Waals surface area contributed by atoms with Crippen molar-refractivity contribution in [2.45, 2.75) is 5.03 Å². The van der Waals surface area contributed by atoms with Gasteiger partial charge < -0.3 is 14.2 Å². The van der Waals surface area contributed by atoms with Gasteiger partial charge in [0.1, 0.15) is 5.03 Å². The van der Waals surface area contributed by atoms with E-state index in [0.717, 1.165) is 15.8 Å². The van der Waals surface area contributed by atoms with Gasteiger partial charge in [0.15, 0.2) is 17.3 Å². The highest BCUT2D eigenvalue weighted by atomic mass is 32.2. The van der Waals surface area contributed by atoms with E-state index in [4.69, 9.17) is 14.2 Å². The number of methoxy groups -OCH3 is 3. The fraction of sp³-hybridized carbons (Fsp3) is 0.211. The van der Waals surface area contributed by atoms with Gasteiger partial charge in [0, 0.05) is 16.3 Å². The highest BCUT2D eigenvalue weighted by molar-refractivity contribution is 8.00. The third-order valence-corrected chi connectivity index (χ3v) is 4.84. The standard InChI is InChI=1S/C19H18N2O4S/c1-23-16-8-13(9-17(24-2)18(16)25-3)15(22)11-26-19-14-7-5-4-6-12(14)10-20-21-19/h4-10H,11H2,1-3H3. The SMILES string of the molecule is COc1cc(C(=O)CSc2nncc3ccccc23)cc(OC)c1OC. The Morgan fingerprint density at radius 2 is 1.73 bits per heavy atom. The average molecular weight is 370 g/mol. The third kappa shape index (κ3) is 3.57. The van der Waals surface area contributed by atoms with Crippen molar-refractivity contribution < 1.29 is 19.0 Å². The summed E-state index contributed by atoms with van der Waals surface area (Å²) >= 11 is 1.35. The van der Waals surface area contributed by atoms with Crippen LogP contribution in [0.2, 0.25) is 0 Å². The Kier molecular flexibility index (Phi) is 5.58. The first kappa shape index (κ1) is 18.0. The second-order valence-corrected chi connectivity index (χ2v) is 6.33. The normalized spacial score (nSPS) is 10.6. The molecular formula is C19H18N2O4S. The maximum Gasteiger partial charge on any atom is 0.203 e. The van der Waals surface area contributed by atoms with E-state index in [1.165, 1.54) is 33.1 Å². The van der Waals surface area contributed by atoms with E-state index < -0.39 is 0 Å². The molecule has 3 rings (SSSR count). The van der Waals surface area contributed by atoms with Gasteiger partial charge in [0.05, 0.1) is 33.3 Å². The molecule has 7 heteroatoms. The van der Waals surface area contributed by atoms with Gasteiger partial charge in [-0.1, -0.05) is 36.0 Å². The van der Waals surface area contributed by atoms with Crippen molar-refractivity contribution in [2.75, 3.05) is 27.1 Å². The lowest BCUT2D eigenvalue weighted by Gasteiger charge is -2.13. The molecule has 0 N–H and O–H groups in total. The molecule has 3 aromatic rings. The molecule has 0 saturated carbocycles. The number of ketones is 1. The van der Waals surface area contributed by atoms with Gasteiger partial charge in [-0.3, -0.25) is 4.79 Å². The van der Waals surface area contributed by atoms with Crippen molar-refractivity contribution in [3.63, 3.8) is 0 Å². The second-order valence-electron chi connectivity index (χ2n) is 5.36. The van der Waals surface area contributed by atoms with Crippen LogP contribution >= 0.6 is 11.8 Å². The van der Waals surface area contributed by atoms with Crippen LogP contribution < -0.4 is 14.2 Å². The number of thioether (sulfide) groups is 1. The molecule has 134 valence electrons. The third-order valence-electron chi connectivity index (χ3n) is 3.86. The van der Waals surface area contributed by atoms with Crippen LogP contribution in [0.1, 0.15) is 10.4 Å². The highest BCUT2D eigenvalue weighted by Crippen LogP contribution is 2.38. The molecule has 0 aliphatic heterocycles. The predicted molar refractivity (Wildman–Crippen MR) is 101 cm³/mol. The summed E-state index contributed by atoms with van der Waals surface area (Å²) in [7, 11) is 4.56. The van der Waals surface area contributed by atoms with E-state index in [2.05, 4.69) is 10.2 Å². The first-order valence-electron chi connectivity index (χ1n) is 7.84. The number of nitrogens with zero attached hydrogens (tertiary/aromatic N) is 2. The summed E-state index contributed by atoms with van der Waals surface area (Å²) in [6, 6.07) is 11.1. The topological polar surface area (TPSA) is 70.5 Å². The molecular weight excluding hydrogens is 352 g/mol. The maximum absolute atomic E-state index is 12.7. The average Bonchev–Trinajstić information content (AvgIpc) is 2.70. The minimum atomic E-state index is -0.0658. The van der Waals surface area contributed by atoms with Crippen LogP contribution in [0.5, 0.6) is 17.2 Å². The lowest BCUT2D eigenvalue weighted by Crippen LogP contribution is -2.05. The lowest BCUT2D eigenvalue weighted by molar-refractivity contribution is 0.102. The molecule has 0 saturated heterocycles. The number of benzene rings is 2. The Morgan fingerprint density at radius 1 is 1.04 bits per heavy atom. The van der Waals surface area contributed by atoms with Crippen LogP contribution in [-0.4, -0.2) is 43.1 Å². The molecule has 26 heavy (non-hydrogen) atoms. The molecule has 0 aliphatic carbocycles. The van der Waals surface area contributed by atoms with E-state index in [0.29, 0.717) is 22.8 Å². The molecule has 2 aromatic carbocycles. The summed E-state index contributed by atoms with van der Waals surface area (Å²) in [4.78, 5) is 12.7. The molecule has 0 unspecified atom stereocenters. The smallest absolute Gasteiger partial charge is 0.203 e. The monoisotopic (exact) mass is 370 g/mol. The molecule has 1 heterocycles. The second kappa shape index (κ2) is 8.05. The van der Waals surface area contributed by atoms with E-state index >= 15 is 0 Å². The van der Waals surface area contributed by atoms with Crippen molar-refractivity contribution in [2.24, 2.45) is 0 Å². The predicted octanol–water partition coefficient (Wildman–Crippen LogP) is 3.63. The van der Waals surface area contributed by atoms with Crippen molar-refractivity contribution >= 4 is 28.3 Å². The minimum Gasteiger partial charge on any atom is -0.493 e. The summed E-state index contributed by atoms with van der Waals surface area (Å²) in [5.41, 5.74) is 0.486. The van der Waals surface area contributed by atoms with Crippen LogP contribution in [0.25, 0.3) is 10.8 Å². The van der Waals surface area contributed by atoms with Crippen molar-refractivity contribution in [3.05, 3.63) is 48.2 Å². The van der Waals surface area contributed by atoms with Gasteiger partial charge in [0.2, 0.25) is 5.75 Å². The number of carbonyl (C=O) groups is 1. The first-order chi connectivity index (χ1) is 12.7. The summed E-state index contributed by atoms with van der Waals surface area (Å²) < 4.78 is 15.9. The molecule has 0 fully saturated rings. The molecule has 1 aromatic heterocycles. The fourth-order valence-corrected chi connectivity index (χ4v) is 3.45. The Bertz CT molecular complexity index is 915. The molecule has 0 atom stereocenters. The zero-order chi connectivity index (χ0) is 18.5. The van der Waals surface area contributed by atoms with Crippen LogP contribution in [0.15, 0.2) is 47.6 Å². The summed E-state index contributed by atoms with van der Waals surface area (Å²) in [5.74, 6) is 1.51. The first-order valence-corrected chi connectivity index (χ1v) is 8.83. The minimum absolute atomic E-state index is 0.0658. The number of aromatic nitrogens is 2. The molecule has 0 bridgehead atoms. The van der Waals surface area contributed by atoms with Gasteiger partial charge in [-0.2, -0.15) is 5.10 Å². The fourth-order valence-electron chi connectivity index (χ4n) is 2.57. The number of ether oxygens (including phenoxy) is 3. The van der Waals surface area contributed by atoms with Gasteiger partial charge in [-0.15, -0.1) is 5.10 Å². The van der Waals surface area contributed by atoms with Crippen molar-refractivity contribution in [1.82, 2.24) is 10.2 Å². The Labute approximate surface area is 155 Å². The summed E-state index contributed by atoms with van der Waals surface area (Å²) in [6.45, 7) is 0.